The third-order valence-electron chi connectivity index (χ3n) is 4.33. The van der Waals surface area contributed by atoms with Crippen LogP contribution in [0, 0.1) is 0 Å². The molecule has 5 nitrogen and oxygen atoms in total. The van der Waals surface area contributed by atoms with E-state index in [9.17, 15) is 9.90 Å². The summed E-state index contributed by atoms with van der Waals surface area (Å²) in [4.78, 5) is 14.0. The van der Waals surface area contributed by atoms with Crippen LogP contribution in [0.2, 0.25) is 5.02 Å². The summed E-state index contributed by atoms with van der Waals surface area (Å²) in [5, 5.41) is 12.2. The number of aliphatic hydroxyl groups is 1. The first-order valence-corrected chi connectivity index (χ1v) is 10.5. The number of halogens is 1. The molecule has 0 spiro atoms. The molecular weight excluding hydrogens is 420 g/mol. The lowest BCUT2D eigenvalue weighted by Crippen LogP contribution is -2.51. The first kappa shape index (κ1) is 22.2. The van der Waals surface area contributed by atoms with Crippen molar-refractivity contribution in [1.82, 2.24) is 0 Å². The van der Waals surface area contributed by atoms with Gasteiger partial charge in [0.2, 0.25) is 5.91 Å². The van der Waals surface area contributed by atoms with Gasteiger partial charge in [-0.1, -0.05) is 59.8 Å². The molecule has 0 aliphatic carbocycles. The maximum atomic E-state index is 12.1. The van der Waals surface area contributed by atoms with Crippen LogP contribution in [-0.2, 0) is 11.4 Å². The van der Waals surface area contributed by atoms with Gasteiger partial charge >= 0.3 is 0 Å². The zero-order chi connectivity index (χ0) is 21.6. The highest BCUT2D eigenvalue weighted by atomic mass is 35.5. The molecule has 3 rings (SSSR count). The number of rotatable bonds is 8. The summed E-state index contributed by atoms with van der Waals surface area (Å²) in [5.74, 6) is 0.278. The van der Waals surface area contributed by atoms with Gasteiger partial charge in [-0.3, -0.25) is 4.79 Å². The van der Waals surface area contributed by atoms with Gasteiger partial charge in [-0.05, 0) is 48.9 Å². The molecule has 0 aromatic heterocycles. The predicted molar refractivity (Wildman–Crippen MR) is 121 cm³/mol. The number of carbonyl (C=O) groups is 1. The highest BCUT2D eigenvalue weighted by Crippen LogP contribution is 2.34. The van der Waals surface area contributed by atoms with E-state index in [1.54, 1.807) is 12.1 Å². The van der Waals surface area contributed by atoms with Crippen molar-refractivity contribution in [2.24, 2.45) is 5.73 Å². The zero-order valence-electron chi connectivity index (χ0n) is 16.5. The predicted octanol–water partition coefficient (Wildman–Crippen LogP) is 4.72. The monoisotopic (exact) mass is 442 g/mol. The fourth-order valence-corrected chi connectivity index (χ4v) is 3.70. The molecule has 4 N–H and O–H groups in total. The highest BCUT2D eigenvalue weighted by molar-refractivity contribution is 7.99. The molecule has 0 heterocycles. The molecule has 1 amide bonds. The van der Waals surface area contributed by atoms with Crippen LogP contribution >= 0.6 is 23.4 Å². The normalized spacial score (nSPS) is 12.8. The van der Waals surface area contributed by atoms with E-state index in [1.807, 2.05) is 60.7 Å². The van der Waals surface area contributed by atoms with Crippen LogP contribution in [0.1, 0.15) is 12.5 Å². The Morgan fingerprint density at radius 3 is 2.53 bits per heavy atom. The van der Waals surface area contributed by atoms with Crippen LogP contribution in [-0.4, -0.2) is 23.2 Å². The number of ether oxygens (including phenoxy) is 1. The van der Waals surface area contributed by atoms with E-state index in [0.717, 1.165) is 21.1 Å². The SMILES string of the molecule is C[C@](N)(CO)C(=O)Nc1ccc(Sc2cccc(OCc3ccccc3)c2)cc1Cl. The van der Waals surface area contributed by atoms with Crippen LogP contribution in [0.5, 0.6) is 5.75 Å². The molecule has 0 unspecified atom stereocenters. The highest BCUT2D eigenvalue weighted by Gasteiger charge is 2.27. The summed E-state index contributed by atoms with van der Waals surface area (Å²) in [5.41, 5.74) is 5.91. The molecule has 3 aromatic carbocycles. The topological polar surface area (TPSA) is 84.6 Å². The van der Waals surface area contributed by atoms with Crippen LogP contribution in [0.4, 0.5) is 5.69 Å². The quantitative estimate of drug-likeness (QED) is 0.470. The summed E-state index contributed by atoms with van der Waals surface area (Å²) in [6, 6.07) is 23.2. The van der Waals surface area contributed by atoms with Gasteiger partial charge in [0.1, 0.15) is 17.9 Å². The molecule has 0 aliphatic heterocycles. The Labute approximate surface area is 185 Å². The Kier molecular flexibility index (Phi) is 7.39. The number of benzene rings is 3. The van der Waals surface area contributed by atoms with Gasteiger partial charge in [-0.15, -0.1) is 0 Å². The van der Waals surface area contributed by atoms with Crippen LogP contribution < -0.4 is 15.8 Å². The maximum Gasteiger partial charge on any atom is 0.246 e. The third-order valence-corrected chi connectivity index (χ3v) is 5.62. The van der Waals surface area contributed by atoms with Crippen LogP contribution in [0.25, 0.3) is 0 Å². The molecule has 7 heteroatoms. The minimum absolute atomic E-state index is 0.388. The van der Waals surface area contributed by atoms with Crippen molar-refractivity contribution >= 4 is 35.0 Å². The largest absolute Gasteiger partial charge is 0.489 e. The van der Waals surface area contributed by atoms with Crippen molar-refractivity contribution in [2.75, 3.05) is 11.9 Å². The zero-order valence-corrected chi connectivity index (χ0v) is 18.0. The number of amides is 1. The number of hydrogen-bond acceptors (Lipinski definition) is 5. The molecule has 0 bridgehead atoms. The Morgan fingerprint density at radius 2 is 1.83 bits per heavy atom. The fourth-order valence-electron chi connectivity index (χ4n) is 2.50. The molecule has 0 aliphatic rings. The molecule has 1 atom stereocenters. The fraction of sp³-hybridized carbons (Fsp3) is 0.174. The molecule has 0 radical (unpaired) electrons. The second-order valence-electron chi connectivity index (χ2n) is 7.02. The Balaban J connectivity index is 1.65. The first-order chi connectivity index (χ1) is 14.4. The van der Waals surface area contributed by atoms with Crippen molar-refractivity contribution in [1.29, 1.82) is 0 Å². The number of anilines is 1. The van der Waals surface area contributed by atoms with E-state index in [1.165, 1.54) is 18.7 Å². The van der Waals surface area contributed by atoms with Crippen LogP contribution in [0.3, 0.4) is 0 Å². The summed E-state index contributed by atoms with van der Waals surface area (Å²) in [6.45, 7) is 1.49. The smallest absolute Gasteiger partial charge is 0.246 e. The number of nitrogens with two attached hydrogens (primary N) is 1. The van der Waals surface area contributed by atoms with E-state index in [2.05, 4.69) is 5.32 Å². The lowest BCUT2D eigenvalue weighted by atomic mass is 10.0. The lowest BCUT2D eigenvalue weighted by molar-refractivity contribution is -0.121. The van der Waals surface area contributed by atoms with E-state index in [0.29, 0.717) is 17.3 Å². The van der Waals surface area contributed by atoms with Crippen molar-refractivity contribution in [2.45, 2.75) is 28.9 Å². The second kappa shape index (κ2) is 10.00. The van der Waals surface area contributed by atoms with Gasteiger partial charge in [0.15, 0.2) is 0 Å². The van der Waals surface area contributed by atoms with E-state index in [-0.39, 0.29) is 0 Å². The molecule has 3 aromatic rings. The lowest BCUT2D eigenvalue weighted by Gasteiger charge is -2.21. The van der Waals surface area contributed by atoms with E-state index >= 15 is 0 Å². The van der Waals surface area contributed by atoms with Gasteiger partial charge < -0.3 is 20.9 Å². The summed E-state index contributed by atoms with van der Waals surface area (Å²) < 4.78 is 5.88. The standard InChI is InChI=1S/C23H23ClN2O3S/c1-23(25,15-27)22(28)26-21-11-10-19(13-20(21)24)30-18-9-5-8-17(12-18)29-14-16-6-3-2-4-7-16/h2-13,27H,14-15,25H2,1H3,(H,26,28)/t23-/m0/s1. The van der Waals surface area contributed by atoms with E-state index < -0.39 is 18.1 Å². The number of nitrogens with one attached hydrogen (secondary N) is 1. The van der Waals surface area contributed by atoms with Crippen LogP contribution in [0.15, 0.2) is 82.6 Å². The Hall–Kier alpha value is -2.51. The van der Waals surface area contributed by atoms with Crippen molar-refractivity contribution in [3.63, 3.8) is 0 Å². The minimum atomic E-state index is -1.38. The second-order valence-corrected chi connectivity index (χ2v) is 8.58. The van der Waals surface area contributed by atoms with Gasteiger partial charge in [0, 0.05) is 9.79 Å². The average Bonchev–Trinajstić information content (AvgIpc) is 2.75. The van der Waals surface area contributed by atoms with Crippen molar-refractivity contribution < 1.29 is 14.6 Å². The minimum Gasteiger partial charge on any atom is -0.489 e. The number of carbonyl (C=O) groups excluding carboxylic acids is 1. The molecular formula is C23H23ClN2O3S. The van der Waals surface area contributed by atoms with Gasteiger partial charge in [-0.2, -0.15) is 0 Å². The van der Waals surface area contributed by atoms with Gasteiger partial charge in [0.25, 0.3) is 0 Å². The van der Waals surface area contributed by atoms with Crippen molar-refractivity contribution in [3.8, 4) is 5.75 Å². The Bertz CT molecular complexity index is 1010. The third kappa shape index (κ3) is 6.00. The average molecular weight is 443 g/mol. The number of aliphatic hydroxyl groups excluding tert-OH is 1. The first-order valence-electron chi connectivity index (χ1n) is 9.33. The molecule has 0 saturated carbocycles. The van der Waals surface area contributed by atoms with Gasteiger partial charge in [0.05, 0.1) is 17.3 Å². The molecule has 0 fully saturated rings. The maximum absolute atomic E-state index is 12.1. The molecule has 0 saturated heterocycles. The summed E-state index contributed by atoms with van der Waals surface area (Å²) >= 11 is 7.86. The van der Waals surface area contributed by atoms with E-state index in [4.69, 9.17) is 22.1 Å². The van der Waals surface area contributed by atoms with Gasteiger partial charge in [-0.25, -0.2) is 0 Å². The summed E-state index contributed by atoms with van der Waals surface area (Å²) in [6.07, 6.45) is 0. The van der Waals surface area contributed by atoms with Crippen molar-refractivity contribution in [3.05, 3.63) is 83.4 Å². The molecule has 30 heavy (non-hydrogen) atoms. The summed E-state index contributed by atoms with van der Waals surface area (Å²) in [7, 11) is 0. The number of hydrogen-bond donors (Lipinski definition) is 3. The Morgan fingerprint density at radius 1 is 1.10 bits per heavy atom. The molecule has 156 valence electrons.